The molecule has 2 amide bonds. The first-order chi connectivity index (χ1) is 8.99. The van der Waals surface area contributed by atoms with Crippen molar-refractivity contribution in [2.75, 3.05) is 39.9 Å². The lowest BCUT2D eigenvalue weighted by molar-refractivity contribution is -0.125. The van der Waals surface area contributed by atoms with Crippen molar-refractivity contribution in [3.8, 4) is 0 Å². The van der Waals surface area contributed by atoms with E-state index >= 15 is 0 Å². The molecule has 0 aromatic heterocycles. The molecular weight excluding hydrogens is 246 g/mol. The fourth-order valence-corrected chi connectivity index (χ4v) is 1.55. The summed E-state index contributed by atoms with van der Waals surface area (Å²) in [6, 6.07) is 0.120. The van der Waals surface area contributed by atoms with Gasteiger partial charge in [0.15, 0.2) is 0 Å². The van der Waals surface area contributed by atoms with Crippen LogP contribution in [0, 0.1) is 0 Å². The summed E-state index contributed by atoms with van der Waals surface area (Å²) >= 11 is 0. The zero-order valence-corrected chi connectivity index (χ0v) is 12.5. The van der Waals surface area contributed by atoms with E-state index in [1.165, 1.54) is 0 Å². The molecule has 6 heteroatoms. The van der Waals surface area contributed by atoms with E-state index in [1.807, 2.05) is 25.7 Å². The van der Waals surface area contributed by atoms with E-state index in [4.69, 9.17) is 4.74 Å². The number of nitrogens with one attached hydrogen (secondary N) is 2. The van der Waals surface area contributed by atoms with Crippen LogP contribution in [0.15, 0.2) is 0 Å². The minimum atomic E-state index is -0.0599. The minimum Gasteiger partial charge on any atom is -0.385 e. The van der Waals surface area contributed by atoms with E-state index in [2.05, 4.69) is 10.6 Å². The van der Waals surface area contributed by atoms with Crippen LogP contribution < -0.4 is 10.6 Å². The van der Waals surface area contributed by atoms with Crippen molar-refractivity contribution in [1.82, 2.24) is 15.5 Å². The molecule has 0 saturated carbocycles. The Morgan fingerprint density at radius 1 is 1.21 bits per heavy atom. The monoisotopic (exact) mass is 273 g/mol. The molecule has 0 saturated heterocycles. The first-order valence-corrected chi connectivity index (χ1v) is 6.76. The highest BCUT2D eigenvalue weighted by Gasteiger charge is 2.13. The Morgan fingerprint density at radius 2 is 1.84 bits per heavy atom. The molecule has 0 aromatic carbocycles. The summed E-state index contributed by atoms with van der Waals surface area (Å²) in [4.78, 5) is 25.1. The number of rotatable bonds is 10. The van der Waals surface area contributed by atoms with Crippen molar-refractivity contribution in [2.45, 2.75) is 33.2 Å². The van der Waals surface area contributed by atoms with Gasteiger partial charge >= 0.3 is 0 Å². The molecular formula is C13H27N3O3. The third-order valence-corrected chi connectivity index (χ3v) is 2.48. The second-order valence-corrected chi connectivity index (χ2v) is 4.72. The fourth-order valence-electron chi connectivity index (χ4n) is 1.55. The lowest BCUT2D eigenvalue weighted by Crippen LogP contribution is -2.44. The summed E-state index contributed by atoms with van der Waals surface area (Å²) < 4.78 is 4.90. The average molecular weight is 273 g/mol. The Kier molecular flexibility index (Phi) is 10.1. The molecule has 112 valence electrons. The molecule has 0 heterocycles. The van der Waals surface area contributed by atoms with Crippen LogP contribution in [0.1, 0.15) is 27.2 Å². The van der Waals surface area contributed by atoms with Gasteiger partial charge in [-0.1, -0.05) is 6.92 Å². The molecule has 0 aromatic rings. The van der Waals surface area contributed by atoms with Gasteiger partial charge in [-0.3, -0.25) is 14.5 Å². The van der Waals surface area contributed by atoms with Gasteiger partial charge in [-0.05, 0) is 26.8 Å². The van der Waals surface area contributed by atoms with Crippen molar-refractivity contribution in [3.63, 3.8) is 0 Å². The van der Waals surface area contributed by atoms with Gasteiger partial charge in [0, 0.05) is 26.3 Å². The van der Waals surface area contributed by atoms with Crippen LogP contribution in [0.5, 0.6) is 0 Å². The van der Waals surface area contributed by atoms with Crippen LogP contribution in [0.25, 0.3) is 0 Å². The lowest BCUT2D eigenvalue weighted by Gasteiger charge is -2.20. The van der Waals surface area contributed by atoms with Gasteiger partial charge in [0.05, 0.1) is 13.1 Å². The molecule has 0 atom stereocenters. The maximum absolute atomic E-state index is 11.7. The number of hydrogen-bond acceptors (Lipinski definition) is 4. The minimum absolute atomic E-state index is 0.0518. The third kappa shape index (κ3) is 10.5. The number of likely N-dealkylation sites (N-methyl/N-ethyl adjacent to an activating group) is 1. The Labute approximate surface area is 115 Å². The largest absolute Gasteiger partial charge is 0.385 e. The summed E-state index contributed by atoms with van der Waals surface area (Å²) in [5.41, 5.74) is 0. The summed E-state index contributed by atoms with van der Waals surface area (Å²) in [7, 11) is 1.63. The van der Waals surface area contributed by atoms with E-state index < -0.39 is 0 Å². The van der Waals surface area contributed by atoms with Gasteiger partial charge in [0.2, 0.25) is 11.8 Å². The van der Waals surface area contributed by atoms with Crippen LogP contribution in [-0.2, 0) is 14.3 Å². The lowest BCUT2D eigenvalue weighted by atomic mass is 10.3. The van der Waals surface area contributed by atoms with Crippen LogP contribution in [0.4, 0.5) is 0 Å². The first kappa shape index (κ1) is 17.9. The predicted octanol–water partition coefficient (Wildman–Crippen LogP) is -0.0144. The Morgan fingerprint density at radius 3 is 2.37 bits per heavy atom. The summed E-state index contributed by atoms with van der Waals surface area (Å²) in [6.45, 7) is 8.15. The van der Waals surface area contributed by atoms with Crippen molar-refractivity contribution < 1.29 is 14.3 Å². The number of methoxy groups -OCH3 is 1. The van der Waals surface area contributed by atoms with Crippen LogP contribution in [0.2, 0.25) is 0 Å². The molecule has 0 bridgehead atoms. The number of amides is 2. The van der Waals surface area contributed by atoms with Crippen molar-refractivity contribution in [3.05, 3.63) is 0 Å². The van der Waals surface area contributed by atoms with Gasteiger partial charge in [0.1, 0.15) is 0 Å². The van der Waals surface area contributed by atoms with Crippen LogP contribution in [0.3, 0.4) is 0 Å². The number of ether oxygens (including phenoxy) is 1. The standard InChI is InChI=1S/C13H27N3O3/c1-5-16(10-13(18)15-11(2)3)9-12(17)14-7-6-8-19-4/h11H,5-10H2,1-4H3,(H,14,17)(H,15,18). The van der Waals surface area contributed by atoms with Crippen molar-refractivity contribution in [1.29, 1.82) is 0 Å². The quantitative estimate of drug-likeness (QED) is 0.549. The smallest absolute Gasteiger partial charge is 0.234 e. The molecule has 0 spiro atoms. The SMILES string of the molecule is CCN(CC(=O)NCCCOC)CC(=O)NC(C)C. The normalized spacial score (nSPS) is 10.8. The zero-order chi connectivity index (χ0) is 14.7. The molecule has 19 heavy (non-hydrogen) atoms. The van der Waals surface area contributed by atoms with Gasteiger partial charge in [0.25, 0.3) is 0 Å². The van der Waals surface area contributed by atoms with E-state index in [1.54, 1.807) is 7.11 Å². The van der Waals surface area contributed by atoms with E-state index in [0.29, 0.717) is 19.7 Å². The van der Waals surface area contributed by atoms with E-state index in [-0.39, 0.29) is 30.9 Å². The molecule has 0 rings (SSSR count). The number of carbonyl (C=O) groups is 2. The average Bonchev–Trinajstić information content (AvgIpc) is 2.32. The van der Waals surface area contributed by atoms with Gasteiger partial charge < -0.3 is 15.4 Å². The van der Waals surface area contributed by atoms with Gasteiger partial charge in [-0.25, -0.2) is 0 Å². The second-order valence-electron chi connectivity index (χ2n) is 4.72. The molecule has 0 aliphatic carbocycles. The van der Waals surface area contributed by atoms with Crippen LogP contribution >= 0.6 is 0 Å². The fraction of sp³-hybridized carbons (Fsp3) is 0.846. The third-order valence-electron chi connectivity index (χ3n) is 2.48. The van der Waals surface area contributed by atoms with Crippen molar-refractivity contribution in [2.24, 2.45) is 0 Å². The number of hydrogen-bond donors (Lipinski definition) is 2. The molecule has 0 aliphatic rings. The highest BCUT2D eigenvalue weighted by molar-refractivity contribution is 5.81. The van der Waals surface area contributed by atoms with Gasteiger partial charge in [-0.2, -0.15) is 0 Å². The van der Waals surface area contributed by atoms with E-state index in [0.717, 1.165) is 6.42 Å². The molecule has 2 N–H and O–H groups in total. The molecule has 0 fully saturated rings. The maximum atomic E-state index is 11.7. The molecule has 0 aliphatic heterocycles. The van der Waals surface area contributed by atoms with Gasteiger partial charge in [-0.15, -0.1) is 0 Å². The Hall–Kier alpha value is -1.14. The summed E-state index contributed by atoms with van der Waals surface area (Å²) in [5, 5.41) is 5.62. The number of nitrogens with zero attached hydrogens (tertiary/aromatic N) is 1. The van der Waals surface area contributed by atoms with Crippen LogP contribution in [-0.4, -0.2) is 62.7 Å². The number of carbonyl (C=O) groups excluding carboxylic acids is 2. The maximum Gasteiger partial charge on any atom is 0.234 e. The highest BCUT2D eigenvalue weighted by atomic mass is 16.5. The zero-order valence-electron chi connectivity index (χ0n) is 12.5. The molecule has 0 unspecified atom stereocenters. The summed E-state index contributed by atoms with van der Waals surface area (Å²) in [6.07, 6.45) is 0.794. The highest BCUT2D eigenvalue weighted by Crippen LogP contribution is 1.89. The summed E-state index contributed by atoms with van der Waals surface area (Å²) in [5.74, 6) is -0.112. The predicted molar refractivity (Wildman–Crippen MR) is 74.9 cm³/mol. The Balaban J connectivity index is 3.90. The van der Waals surface area contributed by atoms with Crippen molar-refractivity contribution >= 4 is 11.8 Å². The topological polar surface area (TPSA) is 70.7 Å². The Bertz CT molecular complexity index is 270. The van der Waals surface area contributed by atoms with E-state index in [9.17, 15) is 9.59 Å². The first-order valence-electron chi connectivity index (χ1n) is 6.76. The molecule has 6 nitrogen and oxygen atoms in total. The second kappa shape index (κ2) is 10.8. The molecule has 0 radical (unpaired) electrons.